The molecule has 5 nitrogen and oxygen atoms in total. The predicted molar refractivity (Wildman–Crippen MR) is 84.6 cm³/mol. The van der Waals surface area contributed by atoms with E-state index in [-0.39, 0.29) is 5.75 Å². The Morgan fingerprint density at radius 2 is 2.05 bits per heavy atom. The first-order chi connectivity index (χ1) is 10.1. The van der Waals surface area contributed by atoms with Gasteiger partial charge in [0.2, 0.25) is 0 Å². The number of aromatic nitrogens is 2. The van der Waals surface area contributed by atoms with Crippen LogP contribution in [0.3, 0.4) is 0 Å². The van der Waals surface area contributed by atoms with Crippen molar-refractivity contribution >= 4 is 17.7 Å². The van der Waals surface area contributed by atoms with Crippen LogP contribution in [0.25, 0.3) is 11.3 Å². The maximum Gasteiger partial charge on any atom is 0.313 e. The van der Waals surface area contributed by atoms with E-state index < -0.39 is 5.97 Å². The minimum absolute atomic E-state index is 0.0435. The Morgan fingerprint density at radius 3 is 2.67 bits per heavy atom. The minimum Gasteiger partial charge on any atom is -0.481 e. The molecule has 21 heavy (non-hydrogen) atoms. The third-order valence-electron chi connectivity index (χ3n) is 2.92. The van der Waals surface area contributed by atoms with E-state index in [4.69, 9.17) is 5.11 Å². The summed E-state index contributed by atoms with van der Waals surface area (Å²) in [7, 11) is 4.01. The lowest BCUT2D eigenvalue weighted by molar-refractivity contribution is -0.133. The van der Waals surface area contributed by atoms with Crippen LogP contribution in [0.4, 0.5) is 0 Å². The fourth-order valence-corrected chi connectivity index (χ4v) is 2.60. The average molecular weight is 305 g/mol. The molecule has 0 atom stereocenters. The molecule has 0 unspecified atom stereocenters. The van der Waals surface area contributed by atoms with Crippen molar-refractivity contribution in [2.45, 2.75) is 11.6 Å². The molecule has 0 radical (unpaired) electrons. The number of carboxylic acids is 1. The SMILES string of the molecule is CN(C)CCn1nc(-c2ccccc2)cc1SCC(=O)O. The van der Waals surface area contributed by atoms with Gasteiger partial charge >= 0.3 is 5.97 Å². The number of aliphatic carboxylic acids is 1. The molecule has 0 bridgehead atoms. The second-order valence-electron chi connectivity index (χ2n) is 4.94. The van der Waals surface area contributed by atoms with Gasteiger partial charge in [-0.1, -0.05) is 42.1 Å². The van der Waals surface area contributed by atoms with Gasteiger partial charge in [-0.25, -0.2) is 0 Å². The van der Waals surface area contributed by atoms with E-state index in [2.05, 4.69) is 10.00 Å². The summed E-state index contributed by atoms with van der Waals surface area (Å²) in [5.74, 6) is -0.774. The van der Waals surface area contributed by atoms with Crippen molar-refractivity contribution in [3.8, 4) is 11.3 Å². The third kappa shape index (κ3) is 4.61. The van der Waals surface area contributed by atoms with Crippen LogP contribution in [0.2, 0.25) is 0 Å². The average Bonchev–Trinajstić information content (AvgIpc) is 2.87. The van der Waals surface area contributed by atoms with Gasteiger partial charge in [0.15, 0.2) is 0 Å². The smallest absolute Gasteiger partial charge is 0.313 e. The molecule has 1 aromatic heterocycles. The summed E-state index contributed by atoms with van der Waals surface area (Å²) >= 11 is 1.30. The van der Waals surface area contributed by atoms with Crippen molar-refractivity contribution in [3.05, 3.63) is 36.4 Å². The number of carboxylic acid groups (broad SMARTS) is 1. The Bertz CT molecular complexity index is 596. The molecular weight excluding hydrogens is 286 g/mol. The highest BCUT2D eigenvalue weighted by atomic mass is 32.2. The number of nitrogens with zero attached hydrogens (tertiary/aromatic N) is 3. The van der Waals surface area contributed by atoms with Crippen LogP contribution in [-0.2, 0) is 11.3 Å². The lowest BCUT2D eigenvalue weighted by Gasteiger charge is -2.11. The molecule has 112 valence electrons. The number of hydrogen-bond acceptors (Lipinski definition) is 4. The lowest BCUT2D eigenvalue weighted by Crippen LogP contribution is -2.19. The molecule has 1 aromatic carbocycles. The summed E-state index contributed by atoms with van der Waals surface area (Å²) in [6.45, 7) is 1.60. The normalized spacial score (nSPS) is 11.0. The highest BCUT2D eigenvalue weighted by Gasteiger charge is 2.11. The molecule has 0 aliphatic rings. The van der Waals surface area contributed by atoms with Gasteiger partial charge in [-0.05, 0) is 20.2 Å². The quantitative estimate of drug-likeness (QED) is 0.795. The Balaban J connectivity index is 2.23. The maximum atomic E-state index is 10.8. The van der Waals surface area contributed by atoms with E-state index in [1.54, 1.807) is 0 Å². The molecule has 0 spiro atoms. The van der Waals surface area contributed by atoms with Gasteiger partial charge in [-0.15, -0.1) is 0 Å². The lowest BCUT2D eigenvalue weighted by atomic mass is 10.2. The number of hydrogen-bond donors (Lipinski definition) is 1. The van der Waals surface area contributed by atoms with E-state index >= 15 is 0 Å². The van der Waals surface area contributed by atoms with Crippen LogP contribution in [0.5, 0.6) is 0 Å². The van der Waals surface area contributed by atoms with Gasteiger partial charge in [0.25, 0.3) is 0 Å². The number of benzene rings is 1. The van der Waals surface area contributed by atoms with Crippen LogP contribution in [0, 0.1) is 0 Å². The second-order valence-corrected chi connectivity index (χ2v) is 5.94. The topological polar surface area (TPSA) is 58.4 Å². The molecule has 0 saturated carbocycles. The van der Waals surface area contributed by atoms with Crippen LogP contribution < -0.4 is 0 Å². The summed E-state index contributed by atoms with van der Waals surface area (Å²) in [5, 5.41) is 14.3. The van der Waals surface area contributed by atoms with Crippen molar-refractivity contribution in [1.82, 2.24) is 14.7 Å². The predicted octanol–water partition coefficient (Wildman–Crippen LogP) is 2.29. The standard InChI is InChI=1S/C15H19N3O2S/c1-17(2)8-9-18-14(21-11-15(19)20)10-13(16-18)12-6-4-3-5-7-12/h3-7,10H,8-9,11H2,1-2H3,(H,19,20). The van der Waals surface area contributed by atoms with Crippen molar-refractivity contribution in [2.75, 3.05) is 26.4 Å². The molecule has 0 aliphatic carbocycles. The van der Waals surface area contributed by atoms with E-state index in [0.29, 0.717) is 0 Å². The summed E-state index contributed by atoms with van der Waals surface area (Å²) in [6, 6.07) is 11.9. The molecular formula is C15H19N3O2S. The van der Waals surface area contributed by atoms with E-state index in [9.17, 15) is 4.79 Å². The first-order valence-corrected chi connectivity index (χ1v) is 7.67. The molecule has 6 heteroatoms. The molecule has 2 aromatic rings. The number of rotatable bonds is 7. The van der Waals surface area contributed by atoms with Gasteiger partial charge in [-0.3, -0.25) is 9.48 Å². The van der Waals surface area contributed by atoms with E-state index in [0.717, 1.165) is 29.4 Å². The summed E-state index contributed by atoms with van der Waals surface area (Å²) < 4.78 is 1.88. The fourth-order valence-electron chi connectivity index (χ4n) is 1.86. The summed E-state index contributed by atoms with van der Waals surface area (Å²) in [6.07, 6.45) is 0. The molecule has 0 saturated heterocycles. The summed E-state index contributed by atoms with van der Waals surface area (Å²) in [4.78, 5) is 12.8. The van der Waals surface area contributed by atoms with Gasteiger partial charge < -0.3 is 10.0 Å². The Kier molecular flexibility index (Phi) is 5.41. The molecule has 1 heterocycles. The van der Waals surface area contributed by atoms with E-state index in [1.165, 1.54) is 11.8 Å². The van der Waals surface area contributed by atoms with Crippen molar-refractivity contribution in [3.63, 3.8) is 0 Å². The molecule has 0 aliphatic heterocycles. The number of carbonyl (C=O) groups is 1. The highest BCUT2D eigenvalue weighted by molar-refractivity contribution is 7.99. The van der Waals surface area contributed by atoms with E-state index in [1.807, 2.05) is 55.2 Å². The van der Waals surface area contributed by atoms with Crippen molar-refractivity contribution in [2.24, 2.45) is 0 Å². The monoisotopic (exact) mass is 305 g/mol. The van der Waals surface area contributed by atoms with Crippen LogP contribution in [0.1, 0.15) is 0 Å². The van der Waals surface area contributed by atoms with Crippen molar-refractivity contribution in [1.29, 1.82) is 0 Å². The van der Waals surface area contributed by atoms with Gasteiger partial charge in [0, 0.05) is 12.1 Å². The highest BCUT2D eigenvalue weighted by Crippen LogP contribution is 2.25. The zero-order valence-corrected chi connectivity index (χ0v) is 13.0. The van der Waals surface area contributed by atoms with Crippen LogP contribution >= 0.6 is 11.8 Å². The van der Waals surface area contributed by atoms with Gasteiger partial charge in [-0.2, -0.15) is 5.10 Å². The summed E-state index contributed by atoms with van der Waals surface area (Å²) in [5.41, 5.74) is 1.92. The Labute approximate surface area is 128 Å². The fraction of sp³-hybridized carbons (Fsp3) is 0.333. The zero-order valence-electron chi connectivity index (χ0n) is 12.2. The molecule has 0 amide bonds. The minimum atomic E-state index is -0.818. The second kappa shape index (κ2) is 7.28. The Morgan fingerprint density at radius 1 is 1.33 bits per heavy atom. The molecule has 1 N–H and O–H groups in total. The number of likely N-dealkylation sites (N-methyl/N-ethyl adjacent to an activating group) is 1. The molecule has 0 fully saturated rings. The maximum absolute atomic E-state index is 10.8. The number of thioether (sulfide) groups is 1. The van der Waals surface area contributed by atoms with Crippen LogP contribution in [0.15, 0.2) is 41.4 Å². The first-order valence-electron chi connectivity index (χ1n) is 6.69. The largest absolute Gasteiger partial charge is 0.481 e. The molecule has 2 rings (SSSR count). The van der Waals surface area contributed by atoms with Gasteiger partial charge in [0.1, 0.15) is 0 Å². The first kappa shape index (κ1) is 15.6. The Hall–Kier alpha value is -1.79. The van der Waals surface area contributed by atoms with Crippen molar-refractivity contribution < 1.29 is 9.90 Å². The zero-order chi connectivity index (χ0) is 15.2. The third-order valence-corrected chi connectivity index (χ3v) is 3.93. The van der Waals surface area contributed by atoms with Crippen LogP contribution in [-0.4, -0.2) is 52.1 Å². The van der Waals surface area contributed by atoms with Gasteiger partial charge in [0.05, 0.1) is 23.0 Å².